The van der Waals surface area contributed by atoms with Crippen LogP contribution >= 0.6 is 24.0 Å². The van der Waals surface area contributed by atoms with Crippen LogP contribution in [-0.2, 0) is 0 Å². The van der Waals surface area contributed by atoms with Crippen LogP contribution in [0.1, 0.15) is 19.3 Å². The minimum Gasteiger partial charge on any atom is -0.356 e. The van der Waals surface area contributed by atoms with Gasteiger partial charge in [-0.2, -0.15) is 13.2 Å². The number of likely N-dealkylation sites (N-methyl/N-ethyl adjacent to an activating group) is 1. The van der Waals surface area contributed by atoms with Crippen molar-refractivity contribution in [3.05, 3.63) is 0 Å². The topological polar surface area (TPSA) is 42.9 Å². The first-order valence-electron chi connectivity index (χ1n) is 7.83. The van der Waals surface area contributed by atoms with Gasteiger partial charge in [0, 0.05) is 46.3 Å². The lowest BCUT2D eigenvalue weighted by Crippen LogP contribution is -2.44. The van der Waals surface area contributed by atoms with Gasteiger partial charge in [0.25, 0.3) is 0 Å². The Hall–Kier alpha value is -0.290. The molecule has 1 rings (SSSR count). The number of nitrogens with zero attached hydrogens (tertiary/aromatic N) is 3. The van der Waals surface area contributed by atoms with Gasteiger partial charge < -0.3 is 20.4 Å². The van der Waals surface area contributed by atoms with Crippen LogP contribution in [-0.4, -0.2) is 81.8 Å². The van der Waals surface area contributed by atoms with Crippen molar-refractivity contribution >= 4 is 29.9 Å². The minimum absolute atomic E-state index is 0. The van der Waals surface area contributed by atoms with Gasteiger partial charge in [-0.3, -0.25) is 4.99 Å². The highest BCUT2D eigenvalue weighted by Gasteiger charge is 2.26. The summed E-state index contributed by atoms with van der Waals surface area (Å²) >= 11 is 0. The molecule has 0 aromatic carbocycles. The van der Waals surface area contributed by atoms with Crippen LogP contribution in [0.4, 0.5) is 13.2 Å². The highest BCUT2D eigenvalue weighted by atomic mass is 127. The van der Waals surface area contributed by atoms with Crippen molar-refractivity contribution < 1.29 is 13.2 Å². The first-order valence-corrected chi connectivity index (χ1v) is 7.83. The molecule has 23 heavy (non-hydrogen) atoms. The summed E-state index contributed by atoms with van der Waals surface area (Å²) in [6, 6.07) is 0. The molecule has 138 valence electrons. The molecule has 0 unspecified atom stereocenters. The number of rotatable bonds is 7. The SMILES string of the molecule is CN=C(NCCCCN1CCN(C)CC1)NCCC(F)(F)F.I. The lowest BCUT2D eigenvalue weighted by atomic mass is 10.2. The van der Waals surface area contributed by atoms with Crippen molar-refractivity contribution in [1.82, 2.24) is 20.4 Å². The second kappa shape index (κ2) is 12.1. The molecule has 2 N–H and O–H groups in total. The number of hydrogen-bond donors (Lipinski definition) is 2. The van der Waals surface area contributed by atoms with E-state index in [2.05, 4.69) is 32.5 Å². The quantitative estimate of drug-likeness (QED) is 0.268. The molecule has 9 heteroatoms. The predicted octanol–water partition coefficient (Wildman–Crippen LogP) is 1.75. The average molecular weight is 451 g/mol. The van der Waals surface area contributed by atoms with Crippen molar-refractivity contribution in [3.8, 4) is 0 Å². The van der Waals surface area contributed by atoms with E-state index in [-0.39, 0.29) is 30.5 Å². The molecule has 0 atom stereocenters. The Morgan fingerprint density at radius 1 is 1.04 bits per heavy atom. The smallest absolute Gasteiger partial charge is 0.356 e. The van der Waals surface area contributed by atoms with Gasteiger partial charge in [-0.25, -0.2) is 0 Å². The van der Waals surface area contributed by atoms with E-state index in [4.69, 9.17) is 0 Å². The summed E-state index contributed by atoms with van der Waals surface area (Å²) < 4.78 is 36.2. The fraction of sp³-hybridized carbons (Fsp3) is 0.929. The molecule has 1 heterocycles. The second-order valence-corrected chi connectivity index (χ2v) is 5.64. The Morgan fingerprint density at radius 2 is 1.65 bits per heavy atom. The first-order chi connectivity index (χ1) is 10.4. The van der Waals surface area contributed by atoms with Crippen molar-refractivity contribution in [2.24, 2.45) is 4.99 Å². The van der Waals surface area contributed by atoms with Crippen molar-refractivity contribution in [1.29, 1.82) is 0 Å². The Balaban J connectivity index is 0.00000484. The minimum atomic E-state index is -4.13. The molecule has 0 saturated carbocycles. The number of nitrogens with one attached hydrogen (secondary N) is 2. The van der Waals surface area contributed by atoms with Gasteiger partial charge in [0.2, 0.25) is 0 Å². The molecular formula is C14H29F3IN5. The maximum Gasteiger partial charge on any atom is 0.390 e. The number of guanidine groups is 1. The van der Waals surface area contributed by atoms with Crippen molar-refractivity contribution in [2.75, 3.05) is 59.9 Å². The van der Waals surface area contributed by atoms with Gasteiger partial charge in [0.1, 0.15) is 0 Å². The molecule has 1 fully saturated rings. The normalized spacial score (nSPS) is 17.7. The molecule has 1 saturated heterocycles. The highest BCUT2D eigenvalue weighted by molar-refractivity contribution is 14.0. The van der Waals surface area contributed by atoms with E-state index in [9.17, 15) is 13.2 Å². The summed E-state index contributed by atoms with van der Waals surface area (Å²) in [5.74, 6) is 0.434. The van der Waals surface area contributed by atoms with E-state index < -0.39 is 12.6 Å². The van der Waals surface area contributed by atoms with E-state index in [1.54, 1.807) is 7.05 Å². The average Bonchev–Trinajstić information content (AvgIpc) is 2.45. The molecule has 1 aliphatic rings. The van der Waals surface area contributed by atoms with Gasteiger partial charge in [0.15, 0.2) is 5.96 Å². The Kier molecular flexibility index (Phi) is 12.0. The molecule has 1 aliphatic heterocycles. The van der Waals surface area contributed by atoms with E-state index in [0.29, 0.717) is 5.96 Å². The summed E-state index contributed by atoms with van der Waals surface area (Å²) in [5.41, 5.74) is 0. The van der Waals surface area contributed by atoms with Crippen LogP contribution in [0.15, 0.2) is 4.99 Å². The monoisotopic (exact) mass is 451 g/mol. The molecule has 0 bridgehead atoms. The number of hydrogen-bond acceptors (Lipinski definition) is 3. The van der Waals surface area contributed by atoms with Crippen LogP contribution in [0.2, 0.25) is 0 Å². The largest absolute Gasteiger partial charge is 0.390 e. The van der Waals surface area contributed by atoms with Gasteiger partial charge in [-0.1, -0.05) is 0 Å². The van der Waals surface area contributed by atoms with Gasteiger partial charge in [0.05, 0.1) is 6.42 Å². The molecule has 0 aliphatic carbocycles. The third-order valence-corrected chi connectivity index (χ3v) is 3.71. The third-order valence-electron chi connectivity index (χ3n) is 3.71. The number of halogens is 4. The molecule has 5 nitrogen and oxygen atoms in total. The lowest BCUT2D eigenvalue weighted by Gasteiger charge is -2.32. The van der Waals surface area contributed by atoms with Gasteiger partial charge >= 0.3 is 6.18 Å². The maximum atomic E-state index is 12.1. The molecule has 0 radical (unpaired) electrons. The van der Waals surface area contributed by atoms with E-state index >= 15 is 0 Å². The number of aliphatic imine (C=N–C) groups is 1. The van der Waals surface area contributed by atoms with Crippen LogP contribution in [0.25, 0.3) is 0 Å². The zero-order valence-electron chi connectivity index (χ0n) is 14.0. The van der Waals surface area contributed by atoms with Crippen molar-refractivity contribution in [2.45, 2.75) is 25.4 Å². The van der Waals surface area contributed by atoms with Crippen LogP contribution < -0.4 is 10.6 Å². The fourth-order valence-electron chi connectivity index (χ4n) is 2.28. The van der Waals surface area contributed by atoms with Crippen LogP contribution in [0.3, 0.4) is 0 Å². The third kappa shape index (κ3) is 11.8. The molecule has 0 aromatic heterocycles. The van der Waals surface area contributed by atoms with E-state index in [1.165, 1.54) is 0 Å². The zero-order valence-corrected chi connectivity index (χ0v) is 16.3. The zero-order chi connectivity index (χ0) is 16.4. The summed E-state index contributed by atoms with van der Waals surface area (Å²) in [4.78, 5) is 8.70. The standard InChI is InChI=1S/C14H28F3N5.HI/c1-18-13(20-7-5-14(15,16)17)19-6-3-4-8-22-11-9-21(2)10-12-22;/h3-12H2,1-2H3,(H2,18,19,20);1H. The number of unbranched alkanes of at least 4 members (excludes halogenated alkanes) is 1. The predicted molar refractivity (Wildman–Crippen MR) is 98.6 cm³/mol. The van der Waals surface area contributed by atoms with Crippen LogP contribution in [0.5, 0.6) is 0 Å². The molecular weight excluding hydrogens is 422 g/mol. The summed E-state index contributed by atoms with van der Waals surface area (Å²) in [7, 11) is 3.70. The molecule has 0 aromatic rings. The lowest BCUT2D eigenvalue weighted by molar-refractivity contribution is -0.132. The number of piperazine rings is 1. The van der Waals surface area contributed by atoms with Crippen LogP contribution in [0, 0.1) is 0 Å². The van der Waals surface area contributed by atoms with Gasteiger partial charge in [-0.15, -0.1) is 24.0 Å². The Labute approximate surface area is 154 Å². The second-order valence-electron chi connectivity index (χ2n) is 5.64. The summed E-state index contributed by atoms with van der Waals surface area (Å²) in [6.45, 7) is 6.12. The van der Waals surface area contributed by atoms with E-state index in [1.807, 2.05) is 0 Å². The molecule has 0 amide bonds. The van der Waals surface area contributed by atoms with E-state index in [0.717, 1.165) is 52.1 Å². The first kappa shape index (κ1) is 22.7. The summed E-state index contributed by atoms with van der Waals surface area (Å²) in [5, 5.41) is 5.72. The number of alkyl halides is 3. The molecule has 0 spiro atoms. The Morgan fingerprint density at radius 3 is 2.22 bits per heavy atom. The van der Waals surface area contributed by atoms with Gasteiger partial charge in [-0.05, 0) is 26.4 Å². The summed E-state index contributed by atoms with van der Waals surface area (Å²) in [6.07, 6.45) is -2.92. The highest BCUT2D eigenvalue weighted by Crippen LogP contribution is 2.17. The Bertz CT molecular complexity index is 331. The maximum absolute atomic E-state index is 12.1. The fourth-order valence-corrected chi connectivity index (χ4v) is 2.28. The van der Waals surface area contributed by atoms with Crippen molar-refractivity contribution in [3.63, 3.8) is 0 Å².